The highest BCUT2D eigenvalue weighted by atomic mass is 16.6. The maximum atomic E-state index is 9.28. The third-order valence-electron chi connectivity index (χ3n) is 2.32. The van der Waals surface area contributed by atoms with Crippen molar-refractivity contribution in [2.45, 2.75) is 43.7 Å². The highest BCUT2D eigenvalue weighted by Gasteiger charge is 2.49. The molecule has 2 rings (SSSR count). The van der Waals surface area contributed by atoms with Gasteiger partial charge in [0.15, 0.2) is 0 Å². The Balaban J connectivity index is 2.00. The zero-order valence-corrected chi connectivity index (χ0v) is 5.73. The fraction of sp³-hybridized carbons (Fsp3) is 1.00. The van der Waals surface area contributed by atoms with Crippen LogP contribution in [0.5, 0.6) is 0 Å². The first-order chi connectivity index (χ1) is 4.79. The van der Waals surface area contributed by atoms with Gasteiger partial charge in [-0.2, -0.15) is 0 Å². The maximum absolute atomic E-state index is 9.28. The summed E-state index contributed by atoms with van der Waals surface area (Å²) in [5.41, 5.74) is 0. The zero-order valence-electron chi connectivity index (χ0n) is 5.73. The molecule has 2 fully saturated rings. The number of hydrogen-bond acceptors (Lipinski definition) is 3. The first-order valence-electron chi connectivity index (χ1n) is 3.80. The van der Waals surface area contributed by atoms with E-state index in [1.165, 1.54) is 0 Å². The predicted molar refractivity (Wildman–Crippen MR) is 34.5 cm³/mol. The lowest BCUT2D eigenvalue weighted by Gasteiger charge is -2.03. The number of ether oxygens (including phenoxy) is 1. The van der Waals surface area contributed by atoms with Crippen LogP contribution >= 0.6 is 0 Å². The quantitative estimate of drug-likeness (QED) is 0.457. The van der Waals surface area contributed by atoms with Crippen molar-refractivity contribution in [3.05, 3.63) is 0 Å². The molecule has 2 N–H and O–H groups in total. The minimum absolute atomic E-state index is 0.0579. The van der Waals surface area contributed by atoms with Crippen LogP contribution in [0.25, 0.3) is 0 Å². The molecule has 0 aromatic rings. The van der Waals surface area contributed by atoms with Crippen LogP contribution in [0.3, 0.4) is 0 Å². The van der Waals surface area contributed by atoms with Crippen molar-refractivity contribution in [1.29, 1.82) is 0 Å². The summed E-state index contributed by atoms with van der Waals surface area (Å²) in [5.74, 6) is 0. The molecule has 0 aromatic carbocycles. The van der Waals surface area contributed by atoms with Gasteiger partial charge >= 0.3 is 0 Å². The average molecular weight is 144 g/mol. The van der Waals surface area contributed by atoms with Gasteiger partial charge in [-0.15, -0.1) is 0 Å². The number of aliphatic hydroxyl groups excluding tert-OH is 2. The van der Waals surface area contributed by atoms with Gasteiger partial charge < -0.3 is 14.9 Å². The van der Waals surface area contributed by atoms with Crippen LogP contribution in [0.2, 0.25) is 0 Å². The lowest BCUT2D eigenvalue weighted by atomic mass is 10.1. The van der Waals surface area contributed by atoms with Crippen molar-refractivity contribution < 1.29 is 14.9 Å². The Morgan fingerprint density at radius 2 is 1.50 bits per heavy atom. The third kappa shape index (κ3) is 0.944. The van der Waals surface area contributed by atoms with Gasteiger partial charge in [-0.05, 0) is 19.3 Å². The molecule has 1 aliphatic carbocycles. The van der Waals surface area contributed by atoms with Gasteiger partial charge in [0, 0.05) is 0 Å². The molecule has 0 amide bonds. The summed E-state index contributed by atoms with van der Waals surface area (Å²) in [4.78, 5) is 0. The summed E-state index contributed by atoms with van der Waals surface area (Å²) in [6, 6.07) is 0. The molecule has 58 valence electrons. The van der Waals surface area contributed by atoms with Crippen molar-refractivity contribution in [2.24, 2.45) is 0 Å². The van der Waals surface area contributed by atoms with E-state index >= 15 is 0 Å². The highest BCUT2D eigenvalue weighted by Crippen LogP contribution is 2.35. The van der Waals surface area contributed by atoms with Crippen LogP contribution in [-0.4, -0.2) is 34.6 Å². The second-order valence-electron chi connectivity index (χ2n) is 3.13. The third-order valence-corrected chi connectivity index (χ3v) is 2.32. The first kappa shape index (κ1) is 6.58. The van der Waals surface area contributed by atoms with E-state index in [-0.39, 0.29) is 24.4 Å². The van der Waals surface area contributed by atoms with E-state index < -0.39 is 0 Å². The van der Waals surface area contributed by atoms with Crippen LogP contribution in [0.4, 0.5) is 0 Å². The van der Waals surface area contributed by atoms with E-state index in [2.05, 4.69) is 0 Å². The molecule has 0 spiro atoms. The van der Waals surface area contributed by atoms with E-state index in [0.717, 1.165) is 19.3 Å². The van der Waals surface area contributed by atoms with Crippen molar-refractivity contribution in [3.8, 4) is 0 Å². The van der Waals surface area contributed by atoms with Gasteiger partial charge in [-0.25, -0.2) is 0 Å². The Labute approximate surface area is 59.6 Å². The fourth-order valence-corrected chi connectivity index (χ4v) is 1.62. The molecule has 4 atom stereocenters. The van der Waals surface area contributed by atoms with Crippen molar-refractivity contribution in [3.63, 3.8) is 0 Å². The second kappa shape index (κ2) is 2.19. The Hall–Kier alpha value is -0.120. The van der Waals surface area contributed by atoms with Crippen molar-refractivity contribution in [2.75, 3.05) is 0 Å². The molecule has 0 bridgehead atoms. The lowest BCUT2D eigenvalue weighted by molar-refractivity contribution is 0.0982. The molecule has 1 saturated carbocycles. The van der Waals surface area contributed by atoms with Gasteiger partial charge in [-0.1, -0.05) is 0 Å². The molecule has 3 nitrogen and oxygen atoms in total. The molecule has 1 heterocycles. The molecule has 1 saturated heterocycles. The lowest BCUT2D eigenvalue weighted by Crippen LogP contribution is -2.18. The molecule has 0 radical (unpaired) electrons. The maximum Gasteiger partial charge on any atom is 0.113 e. The largest absolute Gasteiger partial charge is 0.390 e. The van der Waals surface area contributed by atoms with Gasteiger partial charge in [-0.3, -0.25) is 0 Å². The average Bonchev–Trinajstić information content (AvgIpc) is 2.63. The van der Waals surface area contributed by atoms with E-state index in [9.17, 15) is 10.2 Å². The van der Waals surface area contributed by atoms with Gasteiger partial charge in [0.1, 0.15) is 12.2 Å². The highest BCUT2D eigenvalue weighted by molar-refractivity contribution is 4.97. The Bertz CT molecular complexity index is 123. The summed E-state index contributed by atoms with van der Waals surface area (Å²) < 4.78 is 5.08. The predicted octanol–water partition coefficient (Wildman–Crippen LogP) is -0.341. The van der Waals surface area contributed by atoms with E-state index in [1.54, 1.807) is 0 Å². The summed E-state index contributed by atoms with van der Waals surface area (Å²) in [6.07, 6.45) is 1.69. The monoisotopic (exact) mass is 144 g/mol. The summed E-state index contributed by atoms with van der Waals surface area (Å²) in [7, 11) is 0. The van der Waals surface area contributed by atoms with Crippen molar-refractivity contribution >= 4 is 0 Å². The molecular formula is C7H12O3. The Morgan fingerprint density at radius 3 is 2.00 bits per heavy atom. The summed E-state index contributed by atoms with van der Waals surface area (Å²) in [5, 5.41) is 18.6. The fourth-order valence-electron chi connectivity index (χ4n) is 1.62. The minimum Gasteiger partial charge on any atom is -0.390 e. The number of aliphatic hydroxyl groups is 2. The molecule has 10 heavy (non-hydrogen) atoms. The van der Waals surface area contributed by atoms with E-state index in [1.807, 2.05) is 0 Å². The number of hydrogen-bond donors (Lipinski definition) is 2. The smallest absolute Gasteiger partial charge is 0.113 e. The minimum atomic E-state index is -0.331. The normalized spacial score (nSPS) is 53.4. The number of fused-ring (bicyclic) bond motifs is 1. The van der Waals surface area contributed by atoms with Crippen LogP contribution in [0, 0.1) is 0 Å². The standard InChI is InChI=1S/C7H12O3/c8-4-2-1-3-5(9)7-6(4)10-7/h4-9H,1-3H2/t4-,5+,6-,7+. The van der Waals surface area contributed by atoms with Crippen LogP contribution in [0.1, 0.15) is 19.3 Å². The van der Waals surface area contributed by atoms with Crippen LogP contribution in [-0.2, 0) is 4.74 Å². The molecule has 3 heteroatoms. The van der Waals surface area contributed by atoms with E-state index in [0.29, 0.717) is 0 Å². The molecule has 2 aliphatic rings. The zero-order chi connectivity index (χ0) is 7.14. The molecular weight excluding hydrogens is 132 g/mol. The van der Waals surface area contributed by atoms with E-state index in [4.69, 9.17) is 4.74 Å². The SMILES string of the molecule is O[C@@H]1CCC[C@H](O)[C@@H]2O[C@@H]21. The topological polar surface area (TPSA) is 53.0 Å². The van der Waals surface area contributed by atoms with Crippen LogP contribution < -0.4 is 0 Å². The molecule has 0 aromatic heterocycles. The first-order valence-corrected chi connectivity index (χ1v) is 3.80. The Morgan fingerprint density at radius 1 is 1.00 bits per heavy atom. The molecule has 0 unspecified atom stereocenters. The molecule has 1 aliphatic heterocycles. The summed E-state index contributed by atoms with van der Waals surface area (Å²) >= 11 is 0. The summed E-state index contributed by atoms with van der Waals surface area (Å²) in [6.45, 7) is 0. The second-order valence-corrected chi connectivity index (χ2v) is 3.13. The van der Waals surface area contributed by atoms with Crippen LogP contribution in [0.15, 0.2) is 0 Å². The van der Waals surface area contributed by atoms with Gasteiger partial charge in [0.25, 0.3) is 0 Å². The number of epoxide rings is 1. The Kier molecular flexibility index (Phi) is 1.44. The van der Waals surface area contributed by atoms with Crippen molar-refractivity contribution in [1.82, 2.24) is 0 Å². The number of rotatable bonds is 0. The van der Waals surface area contributed by atoms with Gasteiger partial charge in [0.05, 0.1) is 12.2 Å². The van der Waals surface area contributed by atoms with Gasteiger partial charge in [0.2, 0.25) is 0 Å².